The Hall–Kier alpha value is -2.66. The third-order valence-corrected chi connectivity index (χ3v) is 5.36. The molecule has 0 saturated heterocycles. The van der Waals surface area contributed by atoms with Crippen LogP contribution in [0.3, 0.4) is 0 Å². The minimum absolute atomic E-state index is 0.0245. The summed E-state index contributed by atoms with van der Waals surface area (Å²) in [6.45, 7) is 3.03. The van der Waals surface area contributed by atoms with Gasteiger partial charge in [0, 0.05) is 13.1 Å². The van der Waals surface area contributed by atoms with E-state index >= 15 is 0 Å². The van der Waals surface area contributed by atoms with Crippen molar-refractivity contribution >= 4 is 26.7 Å². The second kappa shape index (κ2) is 8.15. The van der Waals surface area contributed by atoms with E-state index < -0.39 is 17.6 Å². The molecule has 3 aromatic rings. The van der Waals surface area contributed by atoms with Crippen LogP contribution in [0.1, 0.15) is 36.5 Å². The van der Waals surface area contributed by atoms with Gasteiger partial charge in [0.15, 0.2) is 5.13 Å². The standard InChI is InChI=1S/C20H17F4N3S/c1-2-3-8-27(12-13-4-5-14(11-25)16(21)9-13)19-26-17-7-6-15(20(22,23)24)10-18(17)28-19/h4-7,9-10H,2-3,8,12H2,1H3. The average Bonchev–Trinajstić information content (AvgIpc) is 3.07. The van der Waals surface area contributed by atoms with Gasteiger partial charge in [0.1, 0.15) is 11.9 Å². The van der Waals surface area contributed by atoms with Crippen LogP contribution in [0.2, 0.25) is 0 Å². The first-order chi connectivity index (χ1) is 13.3. The summed E-state index contributed by atoms with van der Waals surface area (Å²) in [5.74, 6) is -0.588. The Balaban J connectivity index is 1.92. The Labute approximate surface area is 163 Å². The highest BCUT2D eigenvalue weighted by Crippen LogP contribution is 2.35. The van der Waals surface area contributed by atoms with E-state index in [0.29, 0.717) is 34.0 Å². The highest BCUT2D eigenvalue weighted by atomic mass is 32.1. The molecule has 0 aliphatic rings. The van der Waals surface area contributed by atoms with E-state index in [1.165, 1.54) is 29.5 Å². The van der Waals surface area contributed by atoms with Gasteiger partial charge in [-0.05, 0) is 42.3 Å². The number of benzene rings is 2. The first-order valence-corrected chi connectivity index (χ1v) is 9.54. The fourth-order valence-corrected chi connectivity index (χ4v) is 3.81. The maximum atomic E-state index is 13.9. The minimum atomic E-state index is -4.40. The predicted molar refractivity (Wildman–Crippen MR) is 102 cm³/mol. The Morgan fingerprint density at radius 1 is 1.18 bits per heavy atom. The number of nitrogens with zero attached hydrogens (tertiary/aromatic N) is 3. The van der Waals surface area contributed by atoms with Gasteiger partial charge in [-0.3, -0.25) is 0 Å². The molecular formula is C20H17F4N3S. The summed E-state index contributed by atoms with van der Waals surface area (Å²) in [7, 11) is 0. The van der Waals surface area contributed by atoms with Crippen molar-refractivity contribution in [2.24, 2.45) is 0 Å². The molecular weight excluding hydrogens is 390 g/mol. The fourth-order valence-electron chi connectivity index (χ4n) is 2.78. The lowest BCUT2D eigenvalue weighted by molar-refractivity contribution is -0.137. The van der Waals surface area contributed by atoms with Crippen molar-refractivity contribution in [3.05, 3.63) is 58.9 Å². The van der Waals surface area contributed by atoms with Gasteiger partial charge in [-0.15, -0.1) is 0 Å². The quantitative estimate of drug-likeness (QED) is 0.461. The molecule has 1 heterocycles. The highest BCUT2D eigenvalue weighted by molar-refractivity contribution is 7.22. The van der Waals surface area contributed by atoms with Crippen LogP contribution in [0.15, 0.2) is 36.4 Å². The lowest BCUT2D eigenvalue weighted by Crippen LogP contribution is -2.23. The molecule has 28 heavy (non-hydrogen) atoms. The van der Waals surface area contributed by atoms with Crippen molar-refractivity contribution in [2.75, 3.05) is 11.4 Å². The van der Waals surface area contributed by atoms with Gasteiger partial charge in [-0.25, -0.2) is 9.37 Å². The number of alkyl halides is 3. The molecule has 0 aliphatic carbocycles. The molecule has 0 aliphatic heterocycles. The van der Waals surface area contributed by atoms with E-state index in [-0.39, 0.29) is 5.56 Å². The van der Waals surface area contributed by atoms with Gasteiger partial charge >= 0.3 is 6.18 Å². The number of fused-ring (bicyclic) bond motifs is 1. The molecule has 146 valence electrons. The SMILES string of the molecule is CCCCN(Cc1ccc(C#N)c(F)c1)c1nc2ccc(C(F)(F)F)cc2s1. The molecule has 0 amide bonds. The van der Waals surface area contributed by atoms with Crippen LogP contribution in [-0.2, 0) is 12.7 Å². The van der Waals surface area contributed by atoms with Crippen molar-refractivity contribution in [1.29, 1.82) is 5.26 Å². The molecule has 1 aromatic heterocycles. The number of hydrogen-bond acceptors (Lipinski definition) is 4. The molecule has 8 heteroatoms. The maximum Gasteiger partial charge on any atom is 0.416 e. The molecule has 0 radical (unpaired) electrons. The third kappa shape index (κ3) is 4.42. The Morgan fingerprint density at radius 3 is 2.61 bits per heavy atom. The molecule has 0 bridgehead atoms. The monoisotopic (exact) mass is 407 g/mol. The summed E-state index contributed by atoms with van der Waals surface area (Å²) in [6, 6.07) is 9.71. The molecule has 2 aromatic carbocycles. The van der Waals surface area contributed by atoms with Gasteiger partial charge in [-0.2, -0.15) is 18.4 Å². The van der Waals surface area contributed by atoms with Crippen LogP contribution in [0.25, 0.3) is 10.2 Å². The Kier molecular flexibility index (Phi) is 5.84. The van der Waals surface area contributed by atoms with Crippen molar-refractivity contribution < 1.29 is 17.6 Å². The largest absolute Gasteiger partial charge is 0.416 e. The second-order valence-electron chi connectivity index (χ2n) is 6.38. The van der Waals surface area contributed by atoms with Crippen molar-refractivity contribution in [3.63, 3.8) is 0 Å². The predicted octanol–water partition coefficient (Wildman–Crippen LogP) is 6.13. The zero-order valence-corrected chi connectivity index (χ0v) is 15.9. The first-order valence-electron chi connectivity index (χ1n) is 8.73. The van der Waals surface area contributed by atoms with Gasteiger partial charge < -0.3 is 4.90 Å². The molecule has 0 fully saturated rings. The number of rotatable bonds is 6. The fraction of sp³-hybridized carbons (Fsp3) is 0.300. The van der Waals surface area contributed by atoms with Crippen LogP contribution in [0.4, 0.5) is 22.7 Å². The summed E-state index contributed by atoms with van der Waals surface area (Å²) in [5, 5.41) is 9.45. The highest BCUT2D eigenvalue weighted by Gasteiger charge is 2.31. The number of unbranched alkanes of at least 4 members (excludes halogenated alkanes) is 1. The number of halogens is 4. The van der Waals surface area contributed by atoms with Crippen molar-refractivity contribution in [2.45, 2.75) is 32.5 Å². The zero-order chi connectivity index (χ0) is 20.3. The van der Waals surface area contributed by atoms with E-state index in [1.807, 2.05) is 11.8 Å². The van der Waals surface area contributed by atoms with Gasteiger partial charge in [0.05, 0.1) is 21.3 Å². The van der Waals surface area contributed by atoms with Crippen LogP contribution in [0, 0.1) is 17.1 Å². The first kappa shape index (κ1) is 20.1. The Morgan fingerprint density at radius 2 is 1.96 bits per heavy atom. The molecule has 0 spiro atoms. The molecule has 0 saturated carbocycles. The van der Waals surface area contributed by atoms with E-state index in [0.717, 1.165) is 25.0 Å². The summed E-state index contributed by atoms with van der Waals surface area (Å²) >= 11 is 1.19. The average molecular weight is 407 g/mol. The maximum absolute atomic E-state index is 13.9. The van der Waals surface area contributed by atoms with Gasteiger partial charge in [0.2, 0.25) is 0 Å². The smallest absolute Gasteiger partial charge is 0.344 e. The molecule has 0 N–H and O–H groups in total. The van der Waals surface area contributed by atoms with Crippen molar-refractivity contribution in [3.8, 4) is 6.07 Å². The van der Waals surface area contributed by atoms with Crippen LogP contribution >= 0.6 is 11.3 Å². The van der Waals surface area contributed by atoms with Crippen LogP contribution < -0.4 is 4.90 Å². The van der Waals surface area contributed by atoms with E-state index in [2.05, 4.69) is 4.98 Å². The van der Waals surface area contributed by atoms with E-state index in [9.17, 15) is 17.6 Å². The summed E-state index contributed by atoms with van der Waals surface area (Å²) < 4.78 is 53.2. The number of nitriles is 1. The number of thiazole rings is 1. The molecule has 3 rings (SSSR count). The lowest BCUT2D eigenvalue weighted by atomic mass is 10.1. The van der Waals surface area contributed by atoms with Gasteiger partial charge in [-0.1, -0.05) is 30.7 Å². The van der Waals surface area contributed by atoms with E-state index in [1.54, 1.807) is 12.1 Å². The normalized spacial score (nSPS) is 11.6. The van der Waals surface area contributed by atoms with Crippen LogP contribution in [0.5, 0.6) is 0 Å². The number of hydrogen-bond donors (Lipinski definition) is 0. The molecule has 0 atom stereocenters. The third-order valence-electron chi connectivity index (χ3n) is 4.28. The zero-order valence-electron chi connectivity index (χ0n) is 15.1. The molecule has 0 unspecified atom stereocenters. The number of anilines is 1. The summed E-state index contributed by atoms with van der Waals surface area (Å²) in [6.07, 6.45) is -2.61. The number of aromatic nitrogens is 1. The Bertz CT molecular complexity index is 1020. The summed E-state index contributed by atoms with van der Waals surface area (Å²) in [4.78, 5) is 6.41. The van der Waals surface area contributed by atoms with Gasteiger partial charge in [0.25, 0.3) is 0 Å². The van der Waals surface area contributed by atoms with Crippen molar-refractivity contribution in [1.82, 2.24) is 4.98 Å². The second-order valence-corrected chi connectivity index (χ2v) is 7.39. The van der Waals surface area contributed by atoms with E-state index in [4.69, 9.17) is 5.26 Å². The lowest BCUT2D eigenvalue weighted by Gasteiger charge is -2.21. The molecule has 3 nitrogen and oxygen atoms in total. The van der Waals surface area contributed by atoms with Crippen LogP contribution in [-0.4, -0.2) is 11.5 Å². The topological polar surface area (TPSA) is 39.9 Å². The minimum Gasteiger partial charge on any atom is -0.344 e. The summed E-state index contributed by atoms with van der Waals surface area (Å²) in [5.41, 5.74) is 0.441.